The first-order valence-electron chi connectivity index (χ1n) is 5.91. The zero-order valence-electron chi connectivity index (χ0n) is 10.3. The average molecular weight is 281 g/mol. The molecule has 19 heavy (non-hydrogen) atoms. The number of amides is 1. The minimum absolute atomic E-state index is 0.00621. The molecule has 0 aliphatic rings. The van der Waals surface area contributed by atoms with Gasteiger partial charge in [-0.3, -0.25) is 4.79 Å². The van der Waals surface area contributed by atoms with Gasteiger partial charge in [0.2, 0.25) is 5.91 Å². The highest BCUT2D eigenvalue weighted by atomic mass is 32.1. The highest BCUT2D eigenvalue weighted by Gasteiger charge is 2.03. The molecule has 3 N–H and O–H groups in total. The van der Waals surface area contributed by atoms with Crippen molar-refractivity contribution >= 4 is 22.4 Å². The maximum absolute atomic E-state index is 11.5. The van der Waals surface area contributed by atoms with Crippen LogP contribution in [0.2, 0.25) is 0 Å². The fourth-order valence-corrected chi connectivity index (χ4v) is 2.12. The molecule has 0 aromatic carbocycles. The summed E-state index contributed by atoms with van der Waals surface area (Å²) in [4.78, 5) is 15.7. The molecule has 0 aliphatic carbocycles. The van der Waals surface area contributed by atoms with Gasteiger partial charge in [0.1, 0.15) is 6.33 Å². The summed E-state index contributed by atoms with van der Waals surface area (Å²) in [5.41, 5.74) is 6.51. The predicted molar refractivity (Wildman–Crippen MR) is 70.3 cm³/mol. The van der Waals surface area contributed by atoms with E-state index in [2.05, 4.69) is 25.8 Å². The van der Waals surface area contributed by atoms with Crippen molar-refractivity contribution in [2.45, 2.75) is 25.8 Å². The van der Waals surface area contributed by atoms with Crippen molar-refractivity contribution in [3.05, 3.63) is 17.4 Å². The number of nitrogens with one attached hydrogen (secondary N) is 1. The number of anilines is 1. The molecule has 0 spiro atoms. The van der Waals surface area contributed by atoms with Crippen molar-refractivity contribution in [2.75, 3.05) is 12.3 Å². The molecule has 0 saturated heterocycles. The number of hydrogen-bond donors (Lipinski definition) is 2. The molecule has 2 heterocycles. The first-order chi connectivity index (χ1) is 9.24. The van der Waals surface area contributed by atoms with Crippen LogP contribution in [-0.4, -0.2) is 37.6 Å². The van der Waals surface area contributed by atoms with E-state index in [0.717, 1.165) is 18.5 Å². The lowest BCUT2D eigenvalue weighted by atomic mass is 10.2. The molecule has 0 atom stereocenters. The maximum atomic E-state index is 11.5. The molecule has 0 aliphatic heterocycles. The van der Waals surface area contributed by atoms with Crippen molar-refractivity contribution in [3.63, 3.8) is 0 Å². The highest BCUT2D eigenvalue weighted by Crippen LogP contribution is 2.11. The molecule has 0 bridgehead atoms. The van der Waals surface area contributed by atoms with Gasteiger partial charge in [0.15, 0.2) is 5.13 Å². The van der Waals surface area contributed by atoms with Gasteiger partial charge >= 0.3 is 0 Å². The van der Waals surface area contributed by atoms with Gasteiger partial charge in [-0.2, -0.15) is 0 Å². The predicted octanol–water partition coefficient (Wildman–Crippen LogP) is -0.149. The summed E-state index contributed by atoms with van der Waals surface area (Å²) in [6.45, 7) is 1.12. The molecule has 2 aromatic heterocycles. The normalized spacial score (nSPS) is 10.5. The van der Waals surface area contributed by atoms with E-state index >= 15 is 0 Å². The largest absolute Gasteiger partial charge is 0.375 e. The molecule has 2 aromatic rings. The second-order valence-electron chi connectivity index (χ2n) is 3.95. The number of aryl methyl sites for hydroxylation is 2. The van der Waals surface area contributed by atoms with Crippen molar-refractivity contribution in [1.29, 1.82) is 0 Å². The van der Waals surface area contributed by atoms with Crippen LogP contribution in [0, 0.1) is 0 Å². The molecular formula is C10H15N7OS. The number of carbonyl (C=O) groups excluding carboxylic acids is 1. The van der Waals surface area contributed by atoms with Gasteiger partial charge in [0.05, 0.1) is 12.2 Å². The Kier molecular flexibility index (Phi) is 4.78. The zero-order chi connectivity index (χ0) is 13.5. The van der Waals surface area contributed by atoms with Gasteiger partial charge in [0.25, 0.3) is 0 Å². The summed E-state index contributed by atoms with van der Waals surface area (Å²) in [5, 5.41) is 16.0. The maximum Gasteiger partial charge on any atom is 0.221 e. The SMILES string of the molecule is Nc1nc(CCCNC(=O)CCn2cnnn2)cs1. The zero-order valence-corrected chi connectivity index (χ0v) is 11.1. The van der Waals surface area contributed by atoms with E-state index in [0.29, 0.717) is 24.6 Å². The Balaban J connectivity index is 1.56. The van der Waals surface area contributed by atoms with Gasteiger partial charge < -0.3 is 11.1 Å². The number of nitrogen functional groups attached to an aromatic ring is 1. The van der Waals surface area contributed by atoms with Crippen molar-refractivity contribution in [2.24, 2.45) is 0 Å². The minimum Gasteiger partial charge on any atom is -0.375 e. The standard InChI is InChI=1S/C10H15N7OS/c11-10-14-8(6-19-10)2-1-4-12-9(18)3-5-17-7-13-15-16-17/h6-7H,1-5H2,(H2,11,14)(H,12,18). The van der Waals surface area contributed by atoms with Crippen molar-refractivity contribution in [1.82, 2.24) is 30.5 Å². The van der Waals surface area contributed by atoms with Gasteiger partial charge in [0, 0.05) is 18.3 Å². The highest BCUT2D eigenvalue weighted by molar-refractivity contribution is 7.13. The molecular weight excluding hydrogens is 266 g/mol. The van der Waals surface area contributed by atoms with Crippen LogP contribution >= 0.6 is 11.3 Å². The Bertz CT molecular complexity index is 510. The molecule has 0 unspecified atom stereocenters. The summed E-state index contributed by atoms with van der Waals surface area (Å²) in [6, 6.07) is 0. The Hall–Kier alpha value is -2.03. The average Bonchev–Trinajstić information content (AvgIpc) is 3.04. The van der Waals surface area contributed by atoms with Crippen LogP contribution in [0.15, 0.2) is 11.7 Å². The lowest BCUT2D eigenvalue weighted by Crippen LogP contribution is -2.25. The van der Waals surface area contributed by atoms with Gasteiger partial charge in [-0.1, -0.05) is 0 Å². The third kappa shape index (κ3) is 4.62. The minimum atomic E-state index is -0.00621. The summed E-state index contributed by atoms with van der Waals surface area (Å²) in [5.74, 6) is -0.00621. The number of thiazole rings is 1. The Morgan fingerprint density at radius 3 is 3.11 bits per heavy atom. The number of nitrogens with zero attached hydrogens (tertiary/aromatic N) is 5. The molecule has 102 valence electrons. The van der Waals surface area contributed by atoms with Gasteiger partial charge in [-0.25, -0.2) is 9.67 Å². The molecule has 0 radical (unpaired) electrons. The summed E-state index contributed by atoms with van der Waals surface area (Å²) < 4.78 is 1.53. The van der Waals surface area contributed by atoms with Crippen LogP contribution in [-0.2, 0) is 17.8 Å². The van der Waals surface area contributed by atoms with Crippen molar-refractivity contribution in [3.8, 4) is 0 Å². The Morgan fingerprint density at radius 1 is 1.53 bits per heavy atom. The summed E-state index contributed by atoms with van der Waals surface area (Å²) in [7, 11) is 0. The topological polar surface area (TPSA) is 112 Å². The lowest BCUT2D eigenvalue weighted by Gasteiger charge is -2.04. The molecule has 1 amide bonds. The number of carbonyl (C=O) groups is 1. The third-order valence-electron chi connectivity index (χ3n) is 2.46. The number of nitrogens with two attached hydrogens (primary N) is 1. The molecule has 8 nitrogen and oxygen atoms in total. The summed E-state index contributed by atoms with van der Waals surface area (Å²) >= 11 is 1.43. The third-order valence-corrected chi connectivity index (χ3v) is 3.18. The lowest BCUT2D eigenvalue weighted by molar-refractivity contribution is -0.121. The Morgan fingerprint density at radius 2 is 2.42 bits per heavy atom. The molecule has 9 heteroatoms. The van der Waals surface area contributed by atoms with Crippen LogP contribution in [0.5, 0.6) is 0 Å². The van der Waals surface area contributed by atoms with Crippen LogP contribution in [0.4, 0.5) is 5.13 Å². The van der Waals surface area contributed by atoms with E-state index in [4.69, 9.17) is 5.73 Å². The van der Waals surface area contributed by atoms with E-state index < -0.39 is 0 Å². The van der Waals surface area contributed by atoms with E-state index in [1.54, 1.807) is 0 Å². The fourth-order valence-electron chi connectivity index (χ4n) is 1.52. The van der Waals surface area contributed by atoms with Crippen LogP contribution < -0.4 is 11.1 Å². The first-order valence-corrected chi connectivity index (χ1v) is 6.79. The van der Waals surface area contributed by atoms with E-state index in [9.17, 15) is 4.79 Å². The van der Waals surface area contributed by atoms with E-state index in [1.807, 2.05) is 5.38 Å². The van der Waals surface area contributed by atoms with Gasteiger partial charge in [-0.15, -0.1) is 16.4 Å². The Labute approximate surface area is 114 Å². The van der Waals surface area contributed by atoms with Gasteiger partial charge in [-0.05, 0) is 23.3 Å². The summed E-state index contributed by atoms with van der Waals surface area (Å²) in [6.07, 6.45) is 3.52. The smallest absolute Gasteiger partial charge is 0.221 e. The number of aromatic nitrogens is 5. The molecule has 0 saturated carbocycles. The van der Waals surface area contributed by atoms with E-state index in [-0.39, 0.29) is 5.91 Å². The second kappa shape index (κ2) is 6.78. The van der Waals surface area contributed by atoms with Crippen molar-refractivity contribution < 1.29 is 4.79 Å². The number of tetrazole rings is 1. The first kappa shape index (κ1) is 13.4. The van der Waals surface area contributed by atoms with E-state index in [1.165, 1.54) is 22.3 Å². The fraction of sp³-hybridized carbons (Fsp3) is 0.500. The monoisotopic (exact) mass is 281 g/mol. The number of hydrogen-bond acceptors (Lipinski definition) is 7. The van der Waals surface area contributed by atoms with Crippen LogP contribution in [0.1, 0.15) is 18.5 Å². The van der Waals surface area contributed by atoms with Crippen LogP contribution in [0.25, 0.3) is 0 Å². The van der Waals surface area contributed by atoms with Crippen LogP contribution in [0.3, 0.4) is 0 Å². The quantitative estimate of drug-likeness (QED) is 0.683. The molecule has 0 fully saturated rings. The number of rotatable bonds is 7. The second-order valence-corrected chi connectivity index (χ2v) is 4.84. The molecule has 2 rings (SSSR count).